The normalized spacial score (nSPS) is 11.3. The van der Waals surface area contributed by atoms with Crippen LogP contribution >= 0.6 is 34.5 Å². The molecule has 1 aromatic carbocycles. The molecule has 2 aromatic heterocycles. The van der Waals surface area contributed by atoms with Gasteiger partial charge in [-0.3, -0.25) is 9.20 Å². The van der Waals surface area contributed by atoms with Gasteiger partial charge in [0.25, 0.3) is 5.56 Å². The lowest BCUT2D eigenvalue weighted by atomic mass is 10.2. The van der Waals surface area contributed by atoms with Gasteiger partial charge in [-0.15, -0.1) is 11.3 Å². The van der Waals surface area contributed by atoms with Crippen molar-refractivity contribution in [1.29, 1.82) is 0 Å². The van der Waals surface area contributed by atoms with Gasteiger partial charge < -0.3 is 4.74 Å². The maximum atomic E-state index is 12.0. The van der Waals surface area contributed by atoms with Gasteiger partial charge in [-0.05, 0) is 30.7 Å². The number of hydrogen-bond donors (Lipinski definition) is 0. The third-order valence-corrected chi connectivity index (χ3v) is 5.03. The van der Waals surface area contributed by atoms with Gasteiger partial charge in [0.15, 0.2) is 4.96 Å². The molecule has 128 valence electrons. The molecule has 0 atom stereocenters. The molecule has 0 saturated carbocycles. The quantitative estimate of drug-likeness (QED) is 0.492. The summed E-state index contributed by atoms with van der Waals surface area (Å²) in [5.74, 6) is -0.546. The van der Waals surface area contributed by atoms with Crippen molar-refractivity contribution in [3.8, 4) is 0 Å². The Morgan fingerprint density at radius 3 is 2.88 bits per heavy atom. The average Bonchev–Trinajstić information content (AvgIpc) is 2.95. The molecule has 0 aliphatic heterocycles. The number of fused-ring (bicyclic) bond motifs is 1. The molecule has 0 fully saturated rings. The van der Waals surface area contributed by atoms with Crippen LogP contribution in [0.2, 0.25) is 10.0 Å². The lowest BCUT2D eigenvalue weighted by molar-refractivity contribution is -0.139. The van der Waals surface area contributed by atoms with E-state index in [1.807, 2.05) is 12.3 Å². The molecule has 8 heteroatoms. The van der Waals surface area contributed by atoms with E-state index in [1.165, 1.54) is 27.9 Å². The second kappa shape index (κ2) is 7.39. The zero-order valence-corrected chi connectivity index (χ0v) is 15.4. The first-order chi connectivity index (χ1) is 11.9. The Morgan fingerprint density at radius 2 is 2.12 bits per heavy atom. The van der Waals surface area contributed by atoms with E-state index in [0.29, 0.717) is 20.7 Å². The van der Waals surface area contributed by atoms with Crippen molar-refractivity contribution in [2.75, 3.05) is 0 Å². The summed E-state index contributed by atoms with van der Waals surface area (Å²) in [6.07, 6.45) is 2.85. The summed E-state index contributed by atoms with van der Waals surface area (Å²) in [5, 5.41) is 2.69. The number of rotatable bonds is 4. The Bertz CT molecular complexity index is 1040. The van der Waals surface area contributed by atoms with Gasteiger partial charge in [0.1, 0.15) is 6.61 Å². The number of aromatic nitrogens is 2. The van der Waals surface area contributed by atoms with Crippen LogP contribution in [0.25, 0.3) is 11.0 Å². The number of thiazole rings is 1. The second-order valence-corrected chi connectivity index (χ2v) is 6.85. The van der Waals surface area contributed by atoms with Crippen LogP contribution in [0, 0.1) is 6.92 Å². The summed E-state index contributed by atoms with van der Waals surface area (Å²) in [6.45, 7) is 1.76. The van der Waals surface area contributed by atoms with E-state index in [4.69, 9.17) is 27.9 Å². The minimum Gasteiger partial charge on any atom is -0.456 e. The molecule has 25 heavy (non-hydrogen) atoms. The molecule has 3 rings (SSSR count). The zero-order valence-electron chi connectivity index (χ0n) is 13.0. The van der Waals surface area contributed by atoms with Crippen LogP contribution in [0.5, 0.6) is 0 Å². The number of benzene rings is 1. The van der Waals surface area contributed by atoms with Crippen LogP contribution in [-0.4, -0.2) is 15.4 Å². The molecule has 0 aliphatic carbocycles. The number of hydrogen-bond acceptors (Lipinski definition) is 5. The van der Waals surface area contributed by atoms with Crippen LogP contribution in [-0.2, 0) is 16.1 Å². The molecule has 0 amide bonds. The Kier molecular flexibility index (Phi) is 5.22. The van der Waals surface area contributed by atoms with Crippen molar-refractivity contribution in [1.82, 2.24) is 9.38 Å². The summed E-state index contributed by atoms with van der Waals surface area (Å²) < 4.78 is 6.64. The average molecular weight is 395 g/mol. The molecular weight excluding hydrogens is 383 g/mol. The van der Waals surface area contributed by atoms with E-state index in [0.717, 1.165) is 11.3 Å². The van der Waals surface area contributed by atoms with Gasteiger partial charge in [0.05, 0.1) is 15.7 Å². The van der Waals surface area contributed by atoms with Crippen molar-refractivity contribution in [3.63, 3.8) is 0 Å². The number of aryl methyl sites for hydroxylation is 1. The maximum Gasteiger partial charge on any atom is 0.331 e. The first kappa shape index (κ1) is 17.7. The van der Waals surface area contributed by atoms with E-state index >= 15 is 0 Å². The van der Waals surface area contributed by atoms with E-state index in [1.54, 1.807) is 24.3 Å². The van der Waals surface area contributed by atoms with Gasteiger partial charge in [0, 0.05) is 23.2 Å². The largest absolute Gasteiger partial charge is 0.456 e. The Hall–Kier alpha value is -2.15. The summed E-state index contributed by atoms with van der Waals surface area (Å²) in [7, 11) is 0. The maximum absolute atomic E-state index is 12.0. The lowest BCUT2D eigenvalue weighted by Gasteiger charge is -2.02. The van der Waals surface area contributed by atoms with E-state index in [-0.39, 0.29) is 12.2 Å². The van der Waals surface area contributed by atoms with Crippen molar-refractivity contribution in [2.24, 2.45) is 0 Å². The van der Waals surface area contributed by atoms with Crippen LogP contribution in [0.3, 0.4) is 0 Å². The molecule has 0 unspecified atom stereocenters. The monoisotopic (exact) mass is 394 g/mol. The highest BCUT2D eigenvalue weighted by Crippen LogP contribution is 2.23. The summed E-state index contributed by atoms with van der Waals surface area (Å²) >= 11 is 13.1. The van der Waals surface area contributed by atoms with E-state index in [2.05, 4.69) is 4.98 Å². The SMILES string of the molecule is Cc1csc2nc(COC(=O)/C=C/c3ccc(Cl)c(Cl)c3)cc(=O)n12. The number of carbonyl (C=O) groups excluding carboxylic acids is 1. The molecular formula is C17H12Cl2N2O3S. The van der Waals surface area contributed by atoms with Crippen LogP contribution in [0.1, 0.15) is 17.0 Å². The minimum atomic E-state index is -0.546. The van der Waals surface area contributed by atoms with Crippen molar-refractivity contribution in [2.45, 2.75) is 13.5 Å². The van der Waals surface area contributed by atoms with Crippen molar-refractivity contribution >= 4 is 51.5 Å². The van der Waals surface area contributed by atoms with Gasteiger partial charge in [-0.25, -0.2) is 9.78 Å². The molecule has 0 N–H and O–H groups in total. The second-order valence-electron chi connectivity index (χ2n) is 5.20. The lowest BCUT2D eigenvalue weighted by Crippen LogP contribution is -2.16. The Morgan fingerprint density at radius 1 is 1.32 bits per heavy atom. The Balaban J connectivity index is 1.67. The van der Waals surface area contributed by atoms with E-state index in [9.17, 15) is 9.59 Å². The molecule has 5 nitrogen and oxygen atoms in total. The first-order valence-electron chi connectivity index (χ1n) is 7.21. The number of ether oxygens (including phenoxy) is 1. The van der Waals surface area contributed by atoms with Gasteiger partial charge in [-0.2, -0.15) is 0 Å². The number of nitrogens with zero attached hydrogens (tertiary/aromatic N) is 2. The molecule has 3 aromatic rings. The fourth-order valence-electron chi connectivity index (χ4n) is 2.15. The third kappa shape index (κ3) is 4.10. The fraction of sp³-hybridized carbons (Fsp3) is 0.118. The van der Waals surface area contributed by atoms with Crippen molar-refractivity contribution < 1.29 is 9.53 Å². The highest BCUT2D eigenvalue weighted by atomic mass is 35.5. The zero-order chi connectivity index (χ0) is 18.0. The predicted molar refractivity (Wildman–Crippen MR) is 99.4 cm³/mol. The molecule has 0 aliphatic rings. The van der Waals surface area contributed by atoms with Crippen molar-refractivity contribution in [3.05, 3.63) is 73.1 Å². The Labute approximate surface area is 157 Å². The number of carbonyl (C=O) groups is 1. The highest BCUT2D eigenvalue weighted by molar-refractivity contribution is 7.15. The van der Waals surface area contributed by atoms with Crippen LogP contribution in [0.4, 0.5) is 0 Å². The summed E-state index contributed by atoms with van der Waals surface area (Å²) in [4.78, 5) is 28.8. The molecule has 0 radical (unpaired) electrons. The first-order valence-corrected chi connectivity index (χ1v) is 8.84. The van der Waals surface area contributed by atoms with Gasteiger partial charge in [0.2, 0.25) is 0 Å². The smallest absolute Gasteiger partial charge is 0.331 e. The standard InChI is InChI=1S/C17H12Cl2N2O3S/c1-10-9-25-17-20-12(7-15(22)21(10)17)8-24-16(23)5-3-11-2-4-13(18)14(19)6-11/h2-7,9H,8H2,1H3/b5-3+. The van der Waals surface area contributed by atoms with E-state index < -0.39 is 5.97 Å². The molecule has 2 heterocycles. The third-order valence-electron chi connectivity index (χ3n) is 3.35. The number of halogens is 2. The molecule has 0 spiro atoms. The predicted octanol–water partition coefficient (Wildman–Crippen LogP) is 4.13. The fourth-order valence-corrected chi connectivity index (χ4v) is 3.35. The van der Waals surface area contributed by atoms with Gasteiger partial charge >= 0.3 is 5.97 Å². The summed E-state index contributed by atoms with van der Waals surface area (Å²) in [6, 6.07) is 6.38. The van der Waals surface area contributed by atoms with Crippen LogP contribution in [0.15, 0.2) is 40.5 Å². The summed E-state index contributed by atoms with van der Waals surface area (Å²) in [5.41, 5.74) is 1.76. The topological polar surface area (TPSA) is 60.7 Å². The van der Waals surface area contributed by atoms with Crippen LogP contribution < -0.4 is 5.56 Å². The van der Waals surface area contributed by atoms with Gasteiger partial charge in [-0.1, -0.05) is 29.3 Å². The minimum absolute atomic E-state index is 0.0762. The highest BCUT2D eigenvalue weighted by Gasteiger charge is 2.08. The molecule has 0 bridgehead atoms. The molecule has 0 saturated heterocycles. The number of esters is 1.